The lowest BCUT2D eigenvalue weighted by Crippen LogP contribution is -2.65. The second-order valence-corrected chi connectivity index (χ2v) is 4.82. The Kier molecular flexibility index (Phi) is 2.34. The summed E-state index contributed by atoms with van der Waals surface area (Å²) in [5.41, 5.74) is -0.503. The molecule has 3 heteroatoms. The highest BCUT2D eigenvalue weighted by atomic mass is 16.3. The molecule has 3 nitrogen and oxygen atoms in total. The third-order valence-electron chi connectivity index (χ3n) is 3.25. The van der Waals surface area contributed by atoms with Crippen LogP contribution in [0, 0.1) is 0 Å². The van der Waals surface area contributed by atoms with Gasteiger partial charge in [0.05, 0.1) is 11.7 Å². The first-order valence-corrected chi connectivity index (χ1v) is 5.23. The van der Waals surface area contributed by atoms with E-state index < -0.39 is 5.60 Å². The van der Waals surface area contributed by atoms with Gasteiger partial charge in [0.1, 0.15) is 0 Å². The summed E-state index contributed by atoms with van der Waals surface area (Å²) in [5, 5.41) is 19.3. The summed E-state index contributed by atoms with van der Waals surface area (Å²) < 4.78 is 0. The van der Waals surface area contributed by atoms with Gasteiger partial charge in [-0.15, -0.1) is 0 Å². The van der Waals surface area contributed by atoms with Crippen LogP contribution in [0.15, 0.2) is 0 Å². The fourth-order valence-electron chi connectivity index (χ4n) is 2.58. The Labute approximate surface area is 79.4 Å². The molecule has 76 valence electrons. The zero-order valence-corrected chi connectivity index (χ0v) is 8.24. The Morgan fingerprint density at radius 3 is 2.38 bits per heavy atom. The molecule has 2 N–H and O–H groups in total. The van der Waals surface area contributed by atoms with Gasteiger partial charge in [0.2, 0.25) is 0 Å². The van der Waals surface area contributed by atoms with Crippen molar-refractivity contribution in [3.05, 3.63) is 0 Å². The molecule has 0 spiro atoms. The van der Waals surface area contributed by atoms with Crippen LogP contribution < -0.4 is 0 Å². The maximum atomic E-state index is 9.75. The third-order valence-corrected chi connectivity index (χ3v) is 3.25. The number of aliphatic hydroxyl groups excluding tert-OH is 1. The molecule has 1 aliphatic carbocycles. The van der Waals surface area contributed by atoms with Gasteiger partial charge < -0.3 is 10.2 Å². The Hall–Kier alpha value is -0.120. The van der Waals surface area contributed by atoms with Crippen LogP contribution >= 0.6 is 0 Å². The molecule has 1 saturated carbocycles. The van der Waals surface area contributed by atoms with Crippen LogP contribution in [0.1, 0.15) is 32.6 Å². The lowest BCUT2D eigenvalue weighted by molar-refractivity contribution is -0.128. The number of rotatable bonds is 1. The van der Waals surface area contributed by atoms with E-state index in [9.17, 15) is 10.2 Å². The zero-order chi connectivity index (χ0) is 9.47. The molecule has 13 heavy (non-hydrogen) atoms. The molecule has 2 atom stereocenters. The molecule has 2 rings (SSSR count). The Balaban J connectivity index is 1.87. The molecular weight excluding hydrogens is 166 g/mol. The third kappa shape index (κ3) is 1.87. The Bertz CT molecular complexity index is 185. The van der Waals surface area contributed by atoms with Crippen molar-refractivity contribution in [2.45, 2.75) is 50.4 Å². The smallest absolute Gasteiger partial charge is 0.0872 e. The number of hydrogen-bond acceptors (Lipinski definition) is 3. The van der Waals surface area contributed by atoms with E-state index in [-0.39, 0.29) is 6.10 Å². The highest BCUT2D eigenvalue weighted by Crippen LogP contribution is 2.30. The summed E-state index contributed by atoms with van der Waals surface area (Å²) in [7, 11) is 0. The van der Waals surface area contributed by atoms with Gasteiger partial charge >= 0.3 is 0 Å². The second-order valence-electron chi connectivity index (χ2n) is 4.82. The molecule has 0 unspecified atom stereocenters. The number of β-amino-alcohol motifs (C(OH)–C–C–N with tert-alkyl or cyclic N) is 1. The maximum absolute atomic E-state index is 9.75. The van der Waals surface area contributed by atoms with Crippen molar-refractivity contribution in [3.8, 4) is 0 Å². The minimum Gasteiger partial charge on any atom is -0.391 e. The molecule has 1 saturated heterocycles. The highest BCUT2D eigenvalue weighted by Gasteiger charge is 2.42. The second kappa shape index (κ2) is 3.23. The minimum atomic E-state index is -0.503. The van der Waals surface area contributed by atoms with Crippen LogP contribution in [0.3, 0.4) is 0 Å². The first-order chi connectivity index (χ1) is 6.08. The minimum absolute atomic E-state index is 0.162. The number of hydrogen-bond donors (Lipinski definition) is 2. The summed E-state index contributed by atoms with van der Waals surface area (Å²) in [6, 6.07) is 0.314. The number of likely N-dealkylation sites (tertiary alicyclic amines) is 1. The van der Waals surface area contributed by atoms with Crippen LogP contribution in [0.25, 0.3) is 0 Å². The van der Waals surface area contributed by atoms with Crippen LogP contribution in [-0.2, 0) is 0 Å². The van der Waals surface area contributed by atoms with E-state index in [1.54, 1.807) is 0 Å². The van der Waals surface area contributed by atoms with Crippen LogP contribution in [0.4, 0.5) is 0 Å². The van der Waals surface area contributed by atoms with Crippen molar-refractivity contribution in [2.75, 3.05) is 13.1 Å². The van der Waals surface area contributed by atoms with Crippen molar-refractivity contribution in [3.63, 3.8) is 0 Å². The lowest BCUT2D eigenvalue weighted by atomic mass is 9.86. The molecule has 1 aliphatic heterocycles. The monoisotopic (exact) mass is 185 g/mol. The van der Waals surface area contributed by atoms with E-state index in [1.165, 1.54) is 6.42 Å². The van der Waals surface area contributed by atoms with Crippen molar-refractivity contribution in [1.29, 1.82) is 0 Å². The van der Waals surface area contributed by atoms with Crippen molar-refractivity contribution in [2.24, 2.45) is 0 Å². The summed E-state index contributed by atoms with van der Waals surface area (Å²) in [4.78, 5) is 2.21. The van der Waals surface area contributed by atoms with Crippen molar-refractivity contribution in [1.82, 2.24) is 4.90 Å². The largest absolute Gasteiger partial charge is 0.391 e. The van der Waals surface area contributed by atoms with Gasteiger partial charge in [0.25, 0.3) is 0 Å². The molecule has 1 heterocycles. The average Bonchev–Trinajstić information content (AvgIpc) is 2.01. The predicted octanol–water partition coefficient (Wildman–Crippen LogP) is 0.357. The van der Waals surface area contributed by atoms with Gasteiger partial charge in [-0.1, -0.05) is 12.8 Å². The van der Waals surface area contributed by atoms with Crippen molar-refractivity contribution < 1.29 is 10.2 Å². The van der Waals surface area contributed by atoms with Gasteiger partial charge in [-0.05, 0) is 19.8 Å². The van der Waals surface area contributed by atoms with Gasteiger partial charge in [-0.2, -0.15) is 0 Å². The molecule has 0 amide bonds. The zero-order valence-electron chi connectivity index (χ0n) is 8.24. The number of aliphatic hydroxyl groups is 2. The first-order valence-electron chi connectivity index (χ1n) is 5.23. The molecule has 0 aromatic rings. The van der Waals surface area contributed by atoms with E-state index in [2.05, 4.69) is 4.90 Å². The fraction of sp³-hybridized carbons (Fsp3) is 1.00. The molecule has 0 aromatic carbocycles. The molecule has 2 aliphatic rings. The van der Waals surface area contributed by atoms with E-state index in [4.69, 9.17) is 0 Å². The van der Waals surface area contributed by atoms with E-state index in [1.807, 2.05) is 6.92 Å². The highest BCUT2D eigenvalue weighted by molar-refractivity contribution is 4.97. The summed E-state index contributed by atoms with van der Waals surface area (Å²) in [5.74, 6) is 0. The van der Waals surface area contributed by atoms with Crippen LogP contribution in [0.2, 0.25) is 0 Å². The average molecular weight is 185 g/mol. The molecule has 0 aromatic heterocycles. The van der Waals surface area contributed by atoms with E-state index >= 15 is 0 Å². The van der Waals surface area contributed by atoms with Gasteiger partial charge in [0.15, 0.2) is 0 Å². The summed E-state index contributed by atoms with van der Waals surface area (Å²) >= 11 is 0. The van der Waals surface area contributed by atoms with Gasteiger partial charge in [-0.3, -0.25) is 4.90 Å². The van der Waals surface area contributed by atoms with Crippen molar-refractivity contribution >= 4 is 0 Å². The quantitative estimate of drug-likeness (QED) is 0.620. The molecule has 2 fully saturated rings. The fourth-order valence-corrected chi connectivity index (χ4v) is 2.58. The standard InChI is InChI=1S/C10H19NO2/c1-10(13)6-11(7-10)8-4-2-3-5-9(8)12/h8-9,12-13H,2-7H2,1H3/t8-,9-/m1/s1. The van der Waals surface area contributed by atoms with Crippen LogP contribution in [-0.4, -0.2) is 45.9 Å². The van der Waals surface area contributed by atoms with E-state index in [0.29, 0.717) is 6.04 Å². The lowest BCUT2D eigenvalue weighted by Gasteiger charge is -2.50. The molecular formula is C10H19NO2. The number of nitrogens with zero attached hydrogens (tertiary/aromatic N) is 1. The van der Waals surface area contributed by atoms with Crippen LogP contribution in [0.5, 0.6) is 0 Å². The summed E-state index contributed by atoms with van der Waals surface area (Å²) in [6.45, 7) is 3.32. The predicted molar refractivity (Wildman–Crippen MR) is 50.5 cm³/mol. The van der Waals surface area contributed by atoms with Gasteiger partial charge in [-0.25, -0.2) is 0 Å². The topological polar surface area (TPSA) is 43.7 Å². The first kappa shape index (κ1) is 9.44. The molecule has 0 radical (unpaired) electrons. The Morgan fingerprint density at radius 1 is 1.23 bits per heavy atom. The van der Waals surface area contributed by atoms with E-state index in [0.717, 1.165) is 32.4 Å². The SMILES string of the molecule is CC1(O)CN([C@@H]2CCCC[C@H]2O)C1. The molecule has 0 bridgehead atoms. The van der Waals surface area contributed by atoms with Gasteiger partial charge in [0, 0.05) is 19.1 Å². The normalized spacial score (nSPS) is 39.9. The maximum Gasteiger partial charge on any atom is 0.0872 e. The Morgan fingerprint density at radius 2 is 1.85 bits per heavy atom. The summed E-state index contributed by atoms with van der Waals surface area (Å²) in [6.07, 6.45) is 4.24.